The van der Waals surface area contributed by atoms with Crippen LogP contribution in [-0.2, 0) is 10.0 Å². The van der Waals surface area contributed by atoms with Crippen molar-refractivity contribution in [1.29, 1.82) is 0 Å². The number of halogens is 1. The molecule has 0 bridgehead atoms. The minimum Gasteiger partial charge on any atom is -0.355 e. The van der Waals surface area contributed by atoms with Crippen LogP contribution in [0, 0.1) is 12.8 Å². The molecular weight excluding hydrogens is 432 g/mol. The highest BCUT2D eigenvalue weighted by Gasteiger charge is 2.19. The Hall–Kier alpha value is -2.64. The number of aromatic nitrogens is 2. The Labute approximate surface area is 188 Å². The molecule has 4 rings (SSSR count). The van der Waals surface area contributed by atoms with E-state index in [1.54, 1.807) is 31.2 Å². The predicted octanol–water partition coefficient (Wildman–Crippen LogP) is 5.14. The quantitative estimate of drug-likeness (QED) is 0.575. The average molecular weight is 457 g/mol. The Morgan fingerprint density at radius 3 is 2.35 bits per heavy atom. The highest BCUT2D eigenvalue weighted by atomic mass is 35.5. The molecule has 3 aromatic rings. The van der Waals surface area contributed by atoms with Gasteiger partial charge in [0.1, 0.15) is 0 Å². The van der Waals surface area contributed by atoms with Crippen molar-refractivity contribution in [2.75, 3.05) is 22.7 Å². The minimum absolute atomic E-state index is 0.164. The summed E-state index contributed by atoms with van der Waals surface area (Å²) >= 11 is 6.07. The van der Waals surface area contributed by atoms with Gasteiger partial charge >= 0.3 is 0 Å². The third kappa shape index (κ3) is 4.83. The van der Waals surface area contributed by atoms with Crippen molar-refractivity contribution in [3.63, 3.8) is 0 Å². The van der Waals surface area contributed by atoms with Gasteiger partial charge in [-0.25, -0.2) is 8.42 Å². The molecule has 0 spiro atoms. The third-order valence-electron chi connectivity index (χ3n) is 5.70. The van der Waals surface area contributed by atoms with E-state index in [0.717, 1.165) is 36.1 Å². The fourth-order valence-corrected chi connectivity index (χ4v) is 5.24. The summed E-state index contributed by atoms with van der Waals surface area (Å²) in [7, 11) is -3.73. The maximum atomic E-state index is 12.7. The van der Waals surface area contributed by atoms with Crippen molar-refractivity contribution < 1.29 is 8.42 Å². The van der Waals surface area contributed by atoms with Gasteiger partial charge in [0.2, 0.25) is 0 Å². The summed E-state index contributed by atoms with van der Waals surface area (Å²) in [6.45, 7) is 5.99. The van der Waals surface area contributed by atoms with E-state index in [9.17, 15) is 8.42 Å². The van der Waals surface area contributed by atoms with Gasteiger partial charge in [0.25, 0.3) is 10.0 Å². The Morgan fingerprint density at radius 2 is 1.71 bits per heavy atom. The normalized spacial score (nSPS) is 15.1. The molecule has 1 aromatic heterocycles. The summed E-state index contributed by atoms with van der Waals surface area (Å²) in [6, 6.07) is 15.9. The van der Waals surface area contributed by atoms with E-state index in [-0.39, 0.29) is 4.90 Å². The summed E-state index contributed by atoms with van der Waals surface area (Å²) in [5, 5.41) is 9.18. The van der Waals surface area contributed by atoms with Crippen LogP contribution < -0.4 is 9.62 Å². The van der Waals surface area contributed by atoms with Gasteiger partial charge in [-0.1, -0.05) is 36.7 Å². The van der Waals surface area contributed by atoms with Crippen molar-refractivity contribution in [2.45, 2.75) is 31.6 Å². The van der Waals surface area contributed by atoms with Gasteiger partial charge in [-0.3, -0.25) is 4.72 Å². The van der Waals surface area contributed by atoms with Crippen LogP contribution in [0.5, 0.6) is 0 Å². The highest BCUT2D eigenvalue weighted by Crippen LogP contribution is 2.27. The fourth-order valence-electron chi connectivity index (χ4n) is 3.68. The molecule has 0 saturated carbocycles. The van der Waals surface area contributed by atoms with Crippen LogP contribution >= 0.6 is 11.6 Å². The van der Waals surface area contributed by atoms with E-state index in [1.807, 2.05) is 24.3 Å². The van der Waals surface area contributed by atoms with Gasteiger partial charge in [-0.15, -0.1) is 10.2 Å². The molecule has 0 aliphatic carbocycles. The maximum Gasteiger partial charge on any atom is 0.262 e. The summed E-state index contributed by atoms with van der Waals surface area (Å²) in [4.78, 5) is 2.43. The highest BCUT2D eigenvalue weighted by molar-refractivity contribution is 7.92. The Kier molecular flexibility index (Phi) is 6.16. The predicted molar refractivity (Wildman–Crippen MR) is 125 cm³/mol. The molecule has 1 aliphatic rings. The lowest BCUT2D eigenvalue weighted by Crippen LogP contribution is -2.33. The van der Waals surface area contributed by atoms with E-state index in [1.165, 1.54) is 18.9 Å². The number of sulfonamides is 1. The zero-order valence-corrected chi connectivity index (χ0v) is 19.1. The smallest absolute Gasteiger partial charge is 0.262 e. The molecule has 2 heterocycles. The molecule has 0 amide bonds. The van der Waals surface area contributed by atoms with Gasteiger partial charge in [0.05, 0.1) is 10.6 Å². The third-order valence-corrected chi connectivity index (χ3v) is 7.63. The van der Waals surface area contributed by atoms with Crippen LogP contribution in [0.1, 0.15) is 25.3 Å². The van der Waals surface area contributed by atoms with Crippen LogP contribution in [0.15, 0.2) is 59.5 Å². The molecule has 1 aliphatic heterocycles. The van der Waals surface area contributed by atoms with Crippen LogP contribution in [0.25, 0.3) is 11.3 Å². The van der Waals surface area contributed by atoms with Gasteiger partial charge in [0.15, 0.2) is 5.82 Å². The van der Waals surface area contributed by atoms with E-state index >= 15 is 0 Å². The second-order valence-electron chi connectivity index (χ2n) is 7.99. The topological polar surface area (TPSA) is 75.2 Å². The Balaban J connectivity index is 1.47. The summed E-state index contributed by atoms with van der Waals surface area (Å²) < 4.78 is 28.1. The summed E-state index contributed by atoms with van der Waals surface area (Å²) in [6.07, 6.45) is 2.35. The summed E-state index contributed by atoms with van der Waals surface area (Å²) in [5.74, 6) is 1.67. The first-order valence-electron chi connectivity index (χ1n) is 10.3. The maximum absolute atomic E-state index is 12.7. The molecule has 1 N–H and O–H groups in total. The number of nitrogens with one attached hydrogen (secondary N) is 1. The number of rotatable bonds is 5. The molecule has 0 radical (unpaired) electrons. The molecule has 6 nitrogen and oxygen atoms in total. The number of hydrogen-bond donors (Lipinski definition) is 1. The van der Waals surface area contributed by atoms with Crippen molar-refractivity contribution in [1.82, 2.24) is 10.2 Å². The van der Waals surface area contributed by atoms with Gasteiger partial charge in [-0.2, -0.15) is 0 Å². The first kappa shape index (κ1) is 21.6. The largest absolute Gasteiger partial charge is 0.355 e. The van der Waals surface area contributed by atoms with E-state index < -0.39 is 10.0 Å². The minimum atomic E-state index is -3.73. The molecular formula is C23H25ClN4O2S. The van der Waals surface area contributed by atoms with Gasteiger partial charge in [-0.05, 0) is 67.6 Å². The fraction of sp³-hybridized carbons (Fsp3) is 0.304. The number of anilines is 2. The van der Waals surface area contributed by atoms with Gasteiger partial charge in [0, 0.05) is 29.4 Å². The average Bonchev–Trinajstić information content (AvgIpc) is 2.76. The molecule has 2 aromatic carbocycles. The lowest BCUT2D eigenvalue weighted by atomic mass is 9.99. The molecule has 162 valence electrons. The molecule has 0 unspecified atom stereocenters. The number of hydrogen-bond acceptors (Lipinski definition) is 5. The second kappa shape index (κ2) is 8.85. The molecule has 1 fully saturated rings. The SMILES string of the molecule is Cc1c(Cl)cccc1S(=O)(=O)Nc1ccc(-c2ccc(N3CCC(C)CC3)nn2)cc1. The lowest BCUT2D eigenvalue weighted by Gasteiger charge is -2.30. The first-order chi connectivity index (χ1) is 14.8. The van der Waals surface area contributed by atoms with Crippen LogP contribution in [0.3, 0.4) is 0 Å². The van der Waals surface area contributed by atoms with E-state index in [2.05, 4.69) is 26.7 Å². The second-order valence-corrected chi connectivity index (χ2v) is 10.1. The zero-order valence-electron chi connectivity index (χ0n) is 17.5. The number of benzene rings is 2. The number of nitrogens with zero attached hydrogens (tertiary/aromatic N) is 3. The van der Waals surface area contributed by atoms with Crippen molar-refractivity contribution in [2.24, 2.45) is 5.92 Å². The van der Waals surface area contributed by atoms with Gasteiger partial charge < -0.3 is 4.90 Å². The molecule has 0 atom stereocenters. The van der Waals surface area contributed by atoms with Crippen molar-refractivity contribution in [3.05, 3.63) is 65.2 Å². The molecule has 1 saturated heterocycles. The van der Waals surface area contributed by atoms with Crippen molar-refractivity contribution >= 4 is 33.1 Å². The number of piperidine rings is 1. The summed E-state index contributed by atoms with van der Waals surface area (Å²) in [5.41, 5.74) is 2.60. The standard InChI is InChI=1S/C23H25ClN4O2S/c1-16-12-14-28(15-13-16)23-11-10-21(25-26-23)18-6-8-19(9-7-18)27-31(29,30)22-5-3-4-20(24)17(22)2/h3-11,16,27H,12-15H2,1-2H3. The molecule has 8 heteroatoms. The van der Waals surface area contributed by atoms with Crippen LogP contribution in [0.4, 0.5) is 11.5 Å². The van der Waals surface area contributed by atoms with Crippen LogP contribution in [0.2, 0.25) is 5.02 Å². The lowest BCUT2D eigenvalue weighted by molar-refractivity contribution is 0.436. The van der Waals surface area contributed by atoms with Crippen molar-refractivity contribution in [3.8, 4) is 11.3 Å². The monoisotopic (exact) mass is 456 g/mol. The Bertz CT molecular complexity index is 1160. The zero-order chi connectivity index (χ0) is 22.0. The van der Waals surface area contributed by atoms with E-state index in [0.29, 0.717) is 16.3 Å². The Morgan fingerprint density at radius 1 is 1.00 bits per heavy atom. The van der Waals surface area contributed by atoms with Crippen LogP contribution in [-0.4, -0.2) is 31.7 Å². The van der Waals surface area contributed by atoms with E-state index in [4.69, 9.17) is 11.6 Å². The molecule has 31 heavy (non-hydrogen) atoms. The first-order valence-corrected chi connectivity index (χ1v) is 12.2.